The van der Waals surface area contributed by atoms with Gasteiger partial charge in [0.05, 0.1) is 69.3 Å². The molecule has 0 unspecified atom stereocenters. The van der Waals surface area contributed by atoms with E-state index >= 15 is 0 Å². The van der Waals surface area contributed by atoms with Crippen LogP contribution in [0.3, 0.4) is 0 Å². The Morgan fingerprint density at radius 1 is 0.464 bits per heavy atom. The van der Waals surface area contributed by atoms with Gasteiger partial charge in [-0.3, -0.25) is 28.7 Å². The molecule has 0 aliphatic carbocycles. The third-order valence-corrected chi connectivity index (χ3v) is 9.55. The second-order valence-corrected chi connectivity index (χ2v) is 12.9. The molecule has 0 N–H and O–H groups in total. The lowest BCUT2D eigenvalue weighted by Gasteiger charge is -2.19. The van der Waals surface area contributed by atoms with E-state index in [1.165, 1.54) is 0 Å². The fourth-order valence-corrected chi connectivity index (χ4v) is 6.93. The van der Waals surface area contributed by atoms with Crippen LogP contribution in [-0.2, 0) is 26.2 Å². The molecule has 16 nitrogen and oxygen atoms in total. The standard InChI is InChI=1S/C40H30N12O4/c1-3-49-31-19-30-32(20-29(31)45-33-35(49)47-39(55)51(37(33)53)21-23-11-9-15-27(43-23)25-13-5-7-17-41-25)50(4-2)36-34(46-30)38(54)52(40(56)48-36)22-24-12-10-16-28(44-24)26-14-6-8-18-42-26/h5-20H,3-4,21-22H2,1-2H3. The van der Waals surface area contributed by atoms with Gasteiger partial charge in [-0.15, -0.1) is 0 Å². The number of nitrogens with zero attached hydrogens (tertiary/aromatic N) is 12. The number of hydrogen-bond acceptors (Lipinski definition) is 12. The maximum atomic E-state index is 14.0. The van der Waals surface area contributed by atoms with Gasteiger partial charge < -0.3 is 9.13 Å². The summed E-state index contributed by atoms with van der Waals surface area (Å²) in [6, 6.07) is 25.1. The van der Waals surface area contributed by atoms with Gasteiger partial charge >= 0.3 is 11.4 Å². The minimum absolute atomic E-state index is 0.000410. The minimum Gasteiger partial charge on any atom is -0.323 e. The molecule has 4 aromatic heterocycles. The molecule has 56 heavy (non-hydrogen) atoms. The molecule has 0 spiro atoms. The normalized spacial score (nSPS) is 11.6. The zero-order valence-electron chi connectivity index (χ0n) is 30.1. The first-order valence-corrected chi connectivity index (χ1v) is 17.9. The molecule has 16 heteroatoms. The Hall–Kier alpha value is -7.62. The topological polar surface area (TPSA) is 191 Å². The third kappa shape index (κ3) is 5.80. The Balaban J connectivity index is 1.17. The number of hydrogen-bond donors (Lipinski definition) is 0. The van der Waals surface area contributed by atoms with Crippen LogP contribution in [0.2, 0.25) is 0 Å². The highest BCUT2D eigenvalue weighted by Crippen LogP contribution is 2.28. The monoisotopic (exact) mass is 742 g/mol. The van der Waals surface area contributed by atoms with Crippen molar-refractivity contribution in [3.63, 3.8) is 0 Å². The predicted octanol–water partition coefficient (Wildman–Crippen LogP) is 3.48. The average molecular weight is 743 g/mol. The van der Waals surface area contributed by atoms with E-state index < -0.39 is 22.5 Å². The van der Waals surface area contributed by atoms with E-state index in [-0.39, 0.29) is 36.1 Å². The van der Waals surface area contributed by atoms with Gasteiger partial charge in [-0.25, -0.2) is 29.5 Å². The highest BCUT2D eigenvalue weighted by molar-refractivity contribution is 5.94. The molecular formula is C40H30N12O4. The number of benzene rings is 1. The SMILES string of the molecule is CCn1c2nc(=O)n(Cc3cccc(-c4ccccn4)n3)c(=O)c-2nc2cc3c(cc21)nc1c(=O)n(Cc2cccc(-c4ccccn4)n2)c(=O)nc-1n3CC. The van der Waals surface area contributed by atoms with Crippen LogP contribution < -0.4 is 22.5 Å². The van der Waals surface area contributed by atoms with E-state index in [4.69, 9.17) is 9.97 Å². The van der Waals surface area contributed by atoms with E-state index in [0.29, 0.717) is 69.3 Å². The maximum Gasteiger partial charge on any atom is 0.352 e. The van der Waals surface area contributed by atoms with E-state index in [1.807, 2.05) is 38.1 Å². The lowest BCUT2D eigenvalue weighted by Crippen LogP contribution is -2.39. The first-order chi connectivity index (χ1) is 27.3. The van der Waals surface area contributed by atoms with E-state index in [9.17, 15) is 19.2 Å². The number of rotatable bonds is 8. The van der Waals surface area contributed by atoms with E-state index in [2.05, 4.69) is 29.9 Å². The second kappa shape index (κ2) is 13.7. The second-order valence-electron chi connectivity index (χ2n) is 12.9. The molecule has 0 saturated heterocycles. The van der Waals surface area contributed by atoms with Gasteiger partial charge in [-0.2, -0.15) is 9.97 Å². The van der Waals surface area contributed by atoms with Crippen molar-refractivity contribution in [3.05, 3.63) is 150 Å². The van der Waals surface area contributed by atoms with Crippen molar-refractivity contribution in [1.82, 2.24) is 58.1 Å². The van der Waals surface area contributed by atoms with Crippen LogP contribution in [0.15, 0.2) is 117 Å². The fourth-order valence-electron chi connectivity index (χ4n) is 6.93. The van der Waals surface area contributed by atoms with Crippen molar-refractivity contribution < 1.29 is 0 Å². The molecule has 274 valence electrons. The van der Waals surface area contributed by atoms with Crippen molar-refractivity contribution in [2.75, 3.05) is 0 Å². The number of aromatic nitrogens is 12. The van der Waals surface area contributed by atoms with Gasteiger partial charge in [0, 0.05) is 25.5 Å². The van der Waals surface area contributed by atoms with Crippen LogP contribution in [-0.4, -0.2) is 58.1 Å². The highest BCUT2D eigenvalue weighted by atomic mass is 16.2. The van der Waals surface area contributed by atoms with Crippen molar-refractivity contribution in [1.29, 1.82) is 0 Å². The zero-order chi connectivity index (χ0) is 38.5. The van der Waals surface area contributed by atoms with Crippen LogP contribution in [0, 0.1) is 0 Å². The van der Waals surface area contributed by atoms with Crippen molar-refractivity contribution in [2.24, 2.45) is 0 Å². The molecule has 4 aliphatic heterocycles. The van der Waals surface area contributed by atoms with Crippen LogP contribution >= 0.6 is 0 Å². The Bertz CT molecular complexity index is 2940. The lowest BCUT2D eigenvalue weighted by atomic mass is 10.2. The van der Waals surface area contributed by atoms with Crippen LogP contribution in [0.5, 0.6) is 0 Å². The minimum atomic E-state index is -0.746. The molecule has 0 atom stereocenters. The summed E-state index contributed by atoms with van der Waals surface area (Å²) in [6.45, 7) is 4.16. The molecule has 4 aliphatic rings. The van der Waals surface area contributed by atoms with Crippen molar-refractivity contribution in [3.8, 4) is 45.8 Å². The Labute approximate surface area is 315 Å². The first kappa shape index (κ1) is 34.2. The van der Waals surface area contributed by atoms with Crippen LogP contribution in [0.25, 0.3) is 67.9 Å². The molecule has 0 saturated carbocycles. The quantitative estimate of drug-likeness (QED) is 0.206. The summed E-state index contributed by atoms with van der Waals surface area (Å²) < 4.78 is 5.49. The molecule has 5 aromatic rings. The van der Waals surface area contributed by atoms with Gasteiger partial charge in [0.25, 0.3) is 11.1 Å². The molecular weight excluding hydrogens is 713 g/mol. The van der Waals surface area contributed by atoms with Crippen LogP contribution in [0.4, 0.5) is 0 Å². The molecule has 8 heterocycles. The van der Waals surface area contributed by atoms with Gasteiger partial charge in [0.1, 0.15) is 0 Å². The predicted molar refractivity (Wildman–Crippen MR) is 207 cm³/mol. The summed E-state index contributed by atoms with van der Waals surface area (Å²) in [4.78, 5) is 91.0. The zero-order valence-corrected chi connectivity index (χ0v) is 30.1. The van der Waals surface area contributed by atoms with Gasteiger partial charge in [0.15, 0.2) is 23.0 Å². The number of pyridine rings is 4. The lowest BCUT2D eigenvalue weighted by molar-refractivity contribution is 0.663. The number of fused-ring (bicyclic) bond motifs is 4. The largest absolute Gasteiger partial charge is 0.352 e. The number of aryl methyl sites for hydroxylation is 2. The maximum absolute atomic E-state index is 14.0. The molecule has 9 rings (SSSR count). The summed E-state index contributed by atoms with van der Waals surface area (Å²) in [5.41, 5.74) is 2.66. The summed E-state index contributed by atoms with van der Waals surface area (Å²) in [6.07, 6.45) is 3.33. The van der Waals surface area contributed by atoms with E-state index in [1.54, 1.807) is 82.2 Å². The fraction of sp³-hybridized carbons (Fsp3) is 0.150. The Kier molecular flexibility index (Phi) is 8.33. The van der Waals surface area contributed by atoms with E-state index in [0.717, 1.165) is 9.13 Å². The summed E-state index contributed by atoms with van der Waals surface area (Å²) in [7, 11) is 0. The first-order valence-electron chi connectivity index (χ1n) is 17.9. The summed E-state index contributed by atoms with van der Waals surface area (Å²) in [5.74, 6) is 0.232. The van der Waals surface area contributed by atoms with Crippen LogP contribution in [0.1, 0.15) is 25.2 Å². The molecule has 0 radical (unpaired) electrons. The van der Waals surface area contributed by atoms with Crippen molar-refractivity contribution >= 4 is 22.1 Å². The van der Waals surface area contributed by atoms with Gasteiger partial charge in [-0.1, -0.05) is 24.3 Å². The smallest absolute Gasteiger partial charge is 0.323 e. The van der Waals surface area contributed by atoms with Gasteiger partial charge in [0.2, 0.25) is 0 Å². The molecule has 0 bridgehead atoms. The average Bonchev–Trinajstić information content (AvgIpc) is 3.23. The third-order valence-electron chi connectivity index (χ3n) is 9.55. The molecule has 1 aromatic carbocycles. The molecule has 0 fully saturated rings. The van der Waals surface area contributed by atoms with Gasteiger partial charge in [-0.05, 0) is 74.5 Å². The summed E-state index contributed by atoms with van der Waals surface area (Å²) >= 11 is 0. The Morgan fingerprint density at radius 2 is 0.893 bits per heavy atom. The Morgan fingerprint density at radius 3 is 1.29 bits per heavy atom. The summed E-state index contributed by atoms with van der Waals surface area (Å²) in [5, 5.41) is 0. The highest BCUT2D eigenvalue weighted by Gasteiger charge is 2.25. The van der Waals surface area contributed by atoms with Crippen molar-refractivity contribution in [2.45, 2.75) is 40.0 Å². The molecule has 0 amide bonds.